The normalized spacial score (nSPS) is 21.2. The predicted molar refractivity (Wildman–Crippen MR) is 183 cm³/mol. The second-order valence-corrected chi connectivity index (χ2v) is 15.2. The van der Waals surface area contributed by atoms with Crippen LogP contribution in [0.2, 0.25) is 0 Å². The Kier molecular flexibility index (Phi) is 15.1. The van der Waals surface area contributed by atoms with E-state index >= 15 is 0 Å². The van der Waals surface area contributed by atoms with Crippen molar-refractivity contribution in [3.63, 3.8) is 0 Å². The second-order valence-electron chi connectivity index (χ2n) is 15.2. The maximum absolute atomic E-state index is 14.1. The maximum Gasteiger partial charge on any atom is 0.249 e. The second kappa shape index (κ2) is 17.5. The molecule has 2 aliphatic heterocycles. The molecule has 0 aromatic rings. The van der Waals surface area contributed by atoms with Gasteiger partial charge in [0, 0.05) is 38.8 Å². The van der Waals surface area contributed by atoms with Gasteiger partial charge in [-0.1, -0.05) is 73.3 Å². The zero-order chi connectivity index (χ0) is 34.1. The van der Waals surface area contributed by atoms with E-state index in [1.165, 1.54) is 0 Å². The fourth-order valence-electron chi connectivity index (χ4n) is 6.80. The number of carbonyl (C=O) groups is 4. The maximum atomic E-state index is 14.1. The monoisotopic (exact) mass is 632 g/mol. The number of hydrogen-bond donors (Lipinski definition) is 1. The standard InChI is InChI=1S/C36H65N5O4/c1-12-13-14-16-21-38(10)34(44)29-20-18-23-41(29)33(43)27(6)24-30(25(2)3)39(11)35(45)31(36(7,8)9)37-32(42)28-19-15-17-22-40(28)26(4)5/h24-26,28-31H,12-23H2,1-11H3,(H,37,42)/t28?,29-,30+,31+/m0/s1. The largest absolute Gasteiger partial charge is 0.344 e. The number of nitrogens with zero attached hydrogens (tertiary/aromatic N) is 4. The molecule has 2 fully saturated rings. The van der Waals surface area contributed by atoms with Crippen molar-refractivity contribution in [1.82, 2.24) is 24.9 Å². The molecule has 45 heavy (non-hydrogen) atoms. The Labute approximate surface area is 274 Å². The lowest BCUT2D eigenvalue weighted by molar-refractivity contribution is -0.142. The summed E-state index contributed by atoms with van der Waals surface area (Å²) in [5.41, 5.74) is 0.0184. The fourth-order valence-corrected chi connectivity index (χ4v) is 6.80. The average molecular weight is 632 g/mol. The Morgan fingerprint density at radius 3 is 2.13 bits per heavy atom. The van der Waals surface area contributed by atoms with Crippen molar-refractivity contribution in [1.29, 1.82) is 0 Å². The summed E-state index contributed by atoms with van der Waals surface area (Å²) < 4.78 is 0. The molecular weight excluding hydrogens is 566 g/mol. The third-order valence-corrected chi connectivity index (χ3v) is 9.67. The summed E-state index contributed by atoms with van der Waals surface area (Å²) in [5, 5.41) is 3.15. The van der Waals surface area contributed by atoms with Gasteiger partial charge in [0.05, 0.1) is 12.1 Å². The summed E-state index contributed by atoms with van der Waals surface area (Å²) in [7, 11) is 3.61. The molecule has 2 saturated heterocycles. The molecule has 4 amide bonds. The Morgan fingerprint density at radius 1 is 0.911 bits per heavy atom. The molecule has 0 spiro atoms. The van der Waals surface area contributed by atoms with Crippen LogP contribution < -0.4 is 5.32 Å². The highest BCUT2D eigenvalue weighted by Gasteiger charge is 2.40. The Hall–Kier alpha value is -2.42. The Bertz CT molecular complexity index is 1030. The van der Waals surface area contributed by atoms with Gasteiger partial charge in [-0.25, -0.2) is 0 Å². The van der Waals surface area contributed by atoms with Crippen LogP contribution in [-0.2, 0) is 19.2 Å². The van der Waals surface area contributed by atoms with Crippen LogP contribution in [0.4, 0.5) is 0 Å². The summed E-state index contributed by atoms with van der Waals surface area (Å²) >= 11 is 0. The van der Waals surface area contributed by atoms with Gasteiger partial charge >= 0.3 is 0 Å². The van der Waals surface area contributed by atoms with Crippen molar-refractivity contribution in [3.8, 4) is 0 Å². The molecule has 0 saturated carbocycles. The number of carbonyl (C=O) groups excluding carboxylic acids is 4. The molecule has 2 rings (SSSR count). The van der Waals surface area contributed by atoms with Crippen LogP contribution in [0.3, 0.4) is 0 Å². The first-order chi connectivity index (χ1) is 21.0. The SMILES string of the molecule is CCCCCCN(C)C(=O)[C@@H]1CCCN1C(=O)C(C)=C[C@H](C(C)C)N(C)C(=O)[C@@H](NC(=O)C1CCCCN1C(C)C)C(C)(C)C. The summed E-state index contributed by atoms with van der Waals surface area (Å²) in [6.07, 6.45) is 10.6. The smallest absolute Gasteiger partial charge is 0.249 e. The van der Waals surface area contributed by atoms with Gasteiger partial charge < -0.3 is 20.0 Å². The highest BCUT2D eigenvalue weighted by molar-refractivity contribution is 5.97. The quantitative estimate of drug-likeness (QED) is 0.209. The van der Waals surface area contributed by atoms with Crippen LogP contribution in [-0.4, -0.2) is 107 Å². The number of piperidine rings is 1. The van der Waals surface area contributed by atoms with Gasteiger partial charge in [0.1, 0.15) is 12.1 Å². The van der Waals surface area contributed by atoms with E-state index in [1.807, 2.05) is 47.7 Å². The van der Waals surface area contributed by atoms with Crippen molar-refractivity contribution in [2.75, 3.05) is 33.7 Å². The zero-order valence-corrected chi connectivity index (χ0v) is 30.4. The predicted octanol–water partition coefficient (Wildman–Crippen LogP) is 5.24. The fraction of sp³-hybridized carbons (Fsp3) is 0.833. The molecule has 0 aliphatic carbocycles. The van der Waals surface area contributed by atoms with Gasteiger partial charge in [-0.05, 0) is 70.8 Å². The Balaban J connectivity index is 2.22. The van der Waals surface area contributed by atoms with E-state index in [0.29, 0.717) is 25.1 Å². The summed E-state index contributed by atoms with van der Waals surface area (Å²) in [6.45, 7) is 20.3. The molecule has 2 heterocycles. The number of likely N-dealkylation sites (N-methyl/N-ethyl adjacent to an activating group) is 2. The lowest BCUT2D eigenvalue weighted by Crippen LogP contribution is -2.60. The van der Waals surface area contributed by atoms with Crippen LogP contribution in [0.5, 0.6) is 0 Å². The molecule has 2 aliphatic rings. The van der Waals surface area contributed by atoms with E-state index in [-0.39, 0.29) is 47.7 Å². The molecule has 0 aromatic heterocycles. The van der Waals surface area contributed by atoms with Crippen LogP contribution in [0.25, 0.3) is 0 Å². The minimum Gasteiger partial charge on any atom is -0.344 e. The first-order valence-electron chi connectivity index (χ1n) is 17.6. The minimum absolute atomic E-state index is 0.00983. The van der Waals surface area contributed by atoms with Crippen molar-refractivity contribution in [2.24, 2.45) is 11.3 Å². The molecule has 1 N–H and O–H groups in total. The number of hydrogen-bond acceptors (Lipinski definition) is 5. The lowest BCUT2D eigenvalue weighted by atomic mass is 9.84. The zero-order valence-electron chi connectivity index (χ0n) is 30.4. The molecule has 0 aromatic carbocycles. The van der Waals surface area contributed by atoms with Crippen molar-refractivity contribution in [3.05, 3.63) is 11.6 Å². The highest BCUT2D eigenvalue weighted by Crippen LogP contribution is 2.27. The molecule has 0 bridgehead atoms. The first-order valence-corrected chi connectivity index (χ1v) is 17.6. The van der Waals surface area contributed by atoms with Crippen LogP contribution in [0.1, 0.15) is 120 Å². The molecule has 9 heteroatoms. The van der Waals surface area contributed by atoms with E-state index in [1.54, 1.807) is 28.7 Å². The number of likely N-dealkylation sites (tertiary alicyclic amines) is 2. The molecule has 0 radical (unpaired) electrons. The van der Waals surface area contributed by atoms with Gasteiger partial charge in [-0.15, -0.1) is 0 Å². The van der Waals surface area contributed by atoms with Gasteiger partial charge in [-0.3, -0.25) is 24.1 Å². The van der Waals surface area contributed by atoms with E-state index in [2.05, 4.69) is 31.0 Å². The summed E-state index contributed by atoms with van der Waals surface area (Å²) in [5.74, 6) is -0.373. The van der Waals surface area contributed by atoms with Crippen LogP contribution >= 0.6 is 0 Å². The number of rotatable bonds is 14. The third kappa shape index (κ3) is 10.5. The molecular formula is C36H65N5O4. The van der Waals surface area contributed by atoms with Crippen LogP contribution in [0, 0.1) is 11.3 Å². The minimum atomic E-state index is -0.718. The van der Waals surface area contributed by atoms with Gasteiger partial charge in [0.15, 0.2) is 0 Å². The van der Waals surface area contributed by atoms with Gasteiger partial charge in [0.25, 0.3) is 0 Å². The number of unbranched alkanes of at least 4 members (excludes halogenated alkanes) is 3. The third-order valence-electron chi connectivity index (χ3n) is 9.67. The lowest BCUT2D eigenvalue weighted by Gasteiger charge is -2.41. The summed E-state index contributed by atoms with van der Waals surface area (Å²) in [6, 6.07) is -1.51. The van der Waals surface area contributed by atoms with Crippen molar-refractivity contribution < 1.29 is 19.2 Å². The molecule has 4 atom stereocenters. The molecule has 9 nitrogen and oxygen atoms in total. The van der Waals surface area contributed by atoms with Gasteiger partial charge in [0.2, 0.25) is 23.6 Å². The average Bonchev–Trinajstić information content (AvgIpc) is 3.48. The molecule has 1 unspecified atom stereocenters. The van der Waals surface area contributed by atoms with E-state index in [4.69, 9.17) is 0 Å². The van der Waals surface area contributed by atoms with Crippen LogP contribution in [0.15, 0.2) is 11.6 Å². The number of amides is 4. The Morgan fingerprint density at radius 2 is 1.56 bits per heavy atom. The van der Waals surface area contributed by atoms with E-state index in [9.17, 15) is 19.2 Å². The van der Waals surface area contributed by atoms with Crippen molar-refractivity contribution >= 4 is 23.6 Å². The highest BCUT2D eigenvalue weighted by atomic mass is 16.2. The number of nitrogens with one attached hydrogen (secondary N) is 1. The van der Waals surface area contributed by atoms with Gasteiger partial charge in [-0.2, -0.15) is 0 Å². The molecule has 258 valence electrons. The first kappa shape index (κ1) is 38.8. The van der Waals surface area contributed by atoms with E-state index < -0.39 is 17.5 Å². The topological polar surface area (TPSA) is 93.3 Å². The van der Waals surface area contributed by atoms with Crippen molar-refractivity contribution in [2.45, 2.75) is 150 Å². The van der Waals surface area contributed by atoms with E-state index in [0.717, 1.165) is 57.9 Å². The summed E-state index contributed by atoms with van der Waals surface area (Å²) in [4.78, 5) is 62.3.